The second-order valence-corrected chi connectivity index (χ2v) is 6.46. The van der Waals surface area contributed by atoms with E-state index in [-0.39, 0.29) is 24.5 Å². The van der Waals surface area contributed by atoms with Gasteiger partial charge in [0.2, 0.25) is 5.91 Å². The number of hydrogen-bond acceptors (Lipinski definition) is 2. The first-order valence-electron chi connectivity index (χ1n) is 8.59. The molecule has 0 fully saturated rings. The van der Waals surface area contributed by atoms with Crippen molar-refractivity contribution in [2.75, 3.05) is 0 Å². The predicted molar refractivity (Wildman–Crippen MR) is 95.1 cm³/mol. The molecule has 0 bridgehead atoms. The molecule has 0 saturated carbocycles. The molecule has 0 radical (unpaired) electrons. The number of rotatable bonds is 6. The van der Waals surface area contributed by atoms with E-state index in [2.05, 4.69) is 11.4 Å². The van der Waals surface area contributed by atoms with E-state index in [1.807, 2.05) is 43.3 Å². The number of benzene rings is 2. The van der Waals surface area contributed by atoms with E-state index >= 15 is 0 Å². The monoisotopic (exact) mass is 321 g/mol. The number of hydrogen-bond donors (Lipinski definition) is 1. The highest BCUT2D eigenvalue weighted by Gasteiger charge is 2.14. The summed E-state index contributed by atoms with van der Waals surface area (Å²) in [4.78, 5) is 24.3. The summed E-state index contributed by atoms with van der Waals surface area (Å²) in [5.74, 6) is -0.0245. The lowest BCUT2D eigenvalue weighted by atomic mass is 10.0. The van der Waals surface area contributed by atoms with Crippen molar-refractivity contribution in [2.24, 2.45) is 0 Å². The van der Waals surface area contributed by atoms with E-state index in [0.717, 1.165) is 29.5 Å². The first kappa shape index (κ1) is 16.4. The fraction of sp³-hybridized carbons (Fsp3) is 0.333. The molecule has 1 aliphatic rings. The van der Waals surface area contributed by atoms with Gasteiger partial charge in [-0.05, 0) is 54.5 Å². The molecule has 24 heavy (non-hydrogen) atoms. The smallest absolute Gasteiger partial charge is 0.220 e. The molecule has 124 valence electrons. The number of ketones is 1. The lowest BCUT2D eigenvalue weighted by Gasteiger charge is -2.08. The Balaban J connectivity index is 1.49. The summed E-state index contributed by atoms with van der Waals surface area (Å²) in [6.45, 7) is 2.54. The van der Waals surface area contributed by atoms with Crippen LogP contribution in [0.15, 0.2) is 42.5 Å². The largest absolute Gasteiger partial charge is 0.352 e. The molecule has 1 N–H and O–H groups in total. The van der Waals surface area contributed by atoms with Gasteiger partial charge in [-0.2, -0.15) is 0 Å². The number of Topliss-reactive ketones (excluding diaryl/α,β-unsaturated/α-hetero) is 1. The van der Waals surface area contributed by atoms with Gasteiger partial charge in [0.15, 0.2) is 5.78 Å². The van der Waals surface area contributed by atoms with Crippen molar-refractivity contribution in [1.29, 1.82) is 0 Å². The van der Waals surface area contributed by atoms with Crippen molar-refractivity contribution in [2.45, 2.75) is 45.6 Å². The molecule has 3 heteroatoms. The van der Waals surface area contributed by atoms with Crippen LogP contribution in [0.5, 0.6) is 0 Å². The van der Waals surface area contributed by atoms with Crippen LogP contribution >= 0.6 is 0 Å². The van der Waals surface area contributed by atoms with Crippen molar-refractivity contribution in [1.82, 2.24) is 5.32 Å². The van der Waals surface area contributed by atoms with Crippen LogP contribution in [0.2, 0.25) is 0 Å². The summed E-state index contributed by atoms with van der Waals surface area (Å²) in [5, 5.41) is 2.90. The number of aryl methyl sites for hydroxylation is 3. The van der Waals surface area contributed by atoms with Crippen LogP contribution in [-0.2, 0) is 24.2 Å². The summed E-state index contributed by atoms with van der Waals surface area (Å²) in [7, 11) is 0. The molecule has 0 aromatic heterocycles. The summed E-state index contributed by atoms with van der Waals surface area (Å²) >= 11 is 0. The van der Waals surface area contributed by atoms with Gasteiger partial charge in [0.25, 0.3) is 0 Å². The molecule has 3 nitrogen and oxygen atoms in total. The molecule has 3 rings (SSSR count). The Bertz CT molecular complexity index is 764. The average molecular weight is 321 g/mol. The molecule has 2 aromatic rings. The van der Waals surface area contributed by atoms with Crippen molar-refractivity contribution in [3.8, 4) is 0 Å². The molecule has 0 heterocycles. The summed E-state index contributed by atoms with van der Waals surface area (Å²) in [5.41, 5.74) is 5.66. The van der Waals surface area contributed by atoms with Gasteiger partial charge in [0.05, 0.1) is 0 Å². The Morgan fingerprint density at radius 1 is 1.00 bits per heavy atom. The molecule has 0 saturated heterocycles. The minimum absolute atomic E-state index is 0.0516. The Labute approximate surface area is 143 Å². The summed E-state index contributed by atoms with van der Waals surface area (Å²) in [6, 6.07) is 14.0. The minimum atomic E-state index is -0.0761. The maximum absolute atomic E-state index is 12.3. The third kappa shape index (κ3) is 3.91. The van der Waals surface area contributed by atoms with E-state index in [1.165, 1.54) is 17.5 Å². The minimum Gasteiger partial charge on any atom is -0.352 e. The lowest BCUT2D eigenvalue weighted by Crippen LogP contribution is -2.23. The summed E-state index contributed by atoms with van der Waals surface area (Å²) < 4.78 is 0. The second kappa shape index (κ2) is 7.43. The van der Waals surface area contributed by atoms with Crippen LogP contribution in [-0.4, -0.2) is 11.7 Å². The fourth-order valence-electron chi connectivity index (χ4n) is 3.21. The van der Waals surface area contributed by atoms with Crippen LogP contribution in [0.25, 0.3) is 0 Å². The van der Waals surface area contributed by atoms with Gasteiger partial charge in [-0.3, -0.25) is 9.59 Å². The van der Waals surface area contributed by atoms with E-state index in [9.17, 15) is 9.59 Å². The van der Waals surface area contributed by atoms with Crippen LogP contribution in [0.3, 0.4) is 0 Å². The first-order chi connectivity index (χ1) is 11.6. The van der Waals surface area contributed by atoms with E-state index < -0.39 is 0 Å². The zero-order chi connectivity index (χ0) is 16.9. The normalized spacial score (nSPS) is 12.7. The van der Waals surface area contributed by atoms with Gasteiger partial charge in [-0.1, -0.05) is 36.4 Å². The van der Waals surface area contributed by atoms with Crippen LogP contribution in [0.1, 0.15) is 51.9 Å². The maximum Gasteiger partial charge on any atom is 0.220 e. The van der Waals surface area contributed by atoms with Gasteiger partial charge in [-0.25, -0.2) is 0 Å². The lowest BCUT2D eigenvalue weighted by molar-refractivity contribution is -0.121. The molecule has 2 aromatic carbocycles. The standard InChI is InChI=1S/C21H23NO2/c1-15-5-2-3-6-19(15)14-22-21(24)12-11-20(23)18-10-9-16-7-4-8-17(16)13-18/h2-3,5-6,9-10,13H,4,7-8,11-12,14H2,1H3,(H,22,24). The summed E-state index contributed by atoms with van der Waals surface area (Å²) in [6.07, 6.45) is 3.85. The molecular formula is C21H23NO2. The van der Waals surface area contributed by atoms with Crippen molar-refractivity contribution in [3.05, 3.63) is 70.3 Å². The molecular weight excluding hydrogens is 298 g/mol. The molecule has 1 aliphatic carbocycles. The molecule has 1 amide bonds. The second-order valence-electron chi connectivity index (χ2n) is 6.46. The van der Waals surface area contributed by atoms with Crippen LogP contribution in [0.4, 0.5) is 0 Å². The zero-order valence-electron chi connectivity index (χ0n) is 14.1. The zero-order valence-corrected chi connectivity index (χ0v) is 14.1. The molecule has 0 aliphatic heterocycles. The van der Waals surface area contributed by atoms with E-state index in [1.54, 1.807) is 0 Å². The third-order valence-corrected chi connectivity index (χ3v) is 4.74. The number of carbonyl (C=O) groups is 2. The van der Waals surface area contributed by atoms with Gasteiger partial charge in [-0.15, -0.1) is 0 Å². The SMILES string of the molecule is Cc1ccccc1CNC(=O)CCC(=O)c1ccc2c(c1)CCC2. The predicted octanol–water partition coefficient (Wildman–Crippen LogP) is 3.76. The van der Waals surface area contributed by atoms with E-state index in [0.29, 0.717) is 6.54 Å². The number of amides is 1. The Kier molecular flexibility index (Phi) is 5.09. The number of nitrogens with one attached hydrogen (secondary N) is 1. The highest BCUT2D eigenvalue weighted by atomic mass is 16.2. The molecule has 0 atom stereocenters. The number of fused-ring (bicyclic) bond motifs is 1. The Hall–Kier alpha value is -2.42. The van der Waals surface area contributed by atoms with Crippen molar-refractivity contribution in [3.63, 3.8) is 0 Å². The maximum atomic E-state index is 12.3. The molecule has 0 spiro atoms. The van der Waals surface area contributed by atoms with Crippen LogP contribution < -0.4 is 5.32 Å². The topological polar surface area (TPSA) is 46.2 Å². The van der Waals surface area contributed by atoms with E-state index in [4.69, 9.17) is 0 Å². The Morgan fingerprint density at radius 2 is 1.79 bits per heavy atom. The quantitative estimate of drug-likeness (QED) is 0.823. The molecule has 0 unspecified atom stereocenters. The third-order valence-electron chi connectivity index (χ3n) is 4.74. The Morgan fingerprint density at radius 3 is 2.62 bits per heavy atom. The number of carbonyl (C=O) groups excluding carboxylic acids is 2. The fourth-order valence-corrected chi connectivity index (χ4v) is 3.21. The van der Waals surface area contributed by atoms with Gasteiger partial charge >= 0.3 is 0 Å². The van der Waals surface area contributed by atoms with Crippen molar-refractivity contribution >= 4 is 11.7 Å². The van der Waals surface area contributed by atoms with Crippen LogP contribution in [0, 0.1) is 6.92 Å². The highest BCUT2D eigenvalue weighted by Crippen LogP contribution is 2.23. The average Bonchev–Trinajstić information content (AvgIpc) is 3.06. The van der Waals surface area contributed by atoms with Crippen molar-refractivity contribution < 1.29 is 9.59 Å². The van der Waals surface area contributed by atoms with Gasteiger partial charge < -0.3 is 5.32 Å². The van der Waals surface area contributed by atoms with Gasteiger partial charge in [0.1, 0.15) is 0 Å². The first-order valence-corrected chi connectivity index (χ1v) is 8.59. The van der Waals surface area contributed by atoms with Gasteiger partial charge in [0, 0.05) is 24.9 Å². The highest BCUT2D eigenvalue weighted by molar-refractivity contribution is 5.98.